The lowest BCUT2D eigenvalue weighted by molar-refractivity contribution is -0.122. The number of nitrogens with one attached hydrogen (secondary N) is 1. The molecule has 0 saturated heterocycles. The minimum atomic E-state index is 0.219. The van der Waals surface area contributed by atoms with Crippen molar-refractivity contribution >= 4 is 27.5 Å². The van der Waals surface area contributed by atoms with Gasteiger partial charge in [-0.1, -0.05) is 53.7 Å². The Labute approximate surface area is 135 Å². The fraction of sp³-hybridized carbons (Fsp3) is 0.611. The van der Waals surface area contributed by atoms with Crippen molar-refractivity contribution in [3.63, 3.8) is 0 Å². The number of fused-ring (bicyclic) bond motifs is 1. The highest BCUT2D eigenvalue weighted by Gasteiger charge is 2.34. The molecule has 0 bridgehead atoms. The summed E-state index contributed by atoms with van der Waals surface area (Å²) in [5.41, 5.74) is 2.13. The molecule has 3 heteroatoms. The van der Waals surface area contributed by atoms with E-state index in [1.165, 1.54) is 37.7 Å². The molecular formula is C18H24BrNO. The predicted molar refractivity (Wildman–Crippen MR) is 90.5 cm³/mol. The second-order valence-electron chi connectivity index (χ2n) is 6.64. The highest BCUT2D eigenvalue weighted by Crippen LogP contribution is 2.42. The third-order valence-corrected chi connectivity index (χ3v) is 5.91. The number of rotatable bonds is 3. The molecule has 2 fully saturated rings. The fourth-order valence-corrected chi connectivity index (χ4v) is 4.44. The standard InChI is InChI=1S/C18H24BrNO/c19-12-13-4-3-7-17(10-13)20-18(21)16-9-8-14-5-1-2-6-15(14)11-16/h3-4,7,10,14-16H,1-2,5-6,8-9,11-12H2,(H,20,21). The highest BCUT2D eigenvalue weighted by atomic mass is 79.9. The number of amides is 1. The molecular weight excluding hydrogens is 326 g/mol. The van der Waals surface area contributed by atoms with Gasteiger partial charge in [0.05, 0.1) is 0 Å². The van der Waals surface area contributed by atoms with E-state index in [2.05, 4.69) is 33.4 Å². The van der Waals surface area contributed by atoms with Crippen LogP contribution in [0.1, 0.15) is 50.5 Å². The van der Waals surface area contributed by atoms with Gasteiger partial charge in [0.15, 0.2) is 0 Å². The molecule has 2 aliphatic rings. The maximum absolute atomic E-state index is 12.5. The van der Waals surface area contributed by atoms with Crippen LogP contribution in [0.5, 0.6) is 0 Å². The van der Waals surface area contributed by atoms with Gasteiger partial charge in [-0.25, -0.2) is 0 Å². The molecule has 21 heavy (non-hydrogen) atoms. The van der Waals surface area contributed by atoms with Gasteiger partial charge in [-0.3, -0.25) is 4.79 Å². The molecule has 3 atom stereocenters. The van der Waals surface area contributed by atoms with Crippen LogP contribution in [0.3, 0.4) is 0 Å². The molecule has 0 heterocycles. The number of anilines is 1. The first-order valence-corrected chi connectivity index (χ1v) is 9.34. The van der Waals surface area contributed by atoms with Crippen LogP contribution in [0.15, 0.2) is 24.3 Å². The predicted octanol–water partition coefficient (Wildman–Crippen LogP) is 5.13. The molecule has 0 aromatic heterocycles. The van der Waals surface area contributed by atoms with Gasteiger partial charge in [0.1, 0.15) is 0 Å². The fourth-order valence-electron chi connectivity index (χ4n) is 4.09. The zero-order valence-electron chi connectivity index (χ0n) is 12.5. The Morgan fingerprint density at radius 3 is 2.76 bits per heavy atom. The van der Waals surface area contributed by atoms with Crippen LogP contribution in [0.25, 0.3) is 0 Å². The van der Waals surface area contributed by atoms with Gasteiger partial charge in [0, 0.05) is 16.9 Å². The first-order chi connectivity index (χ1) is 10.3. The topological polar surface area (TPSA) is 29.1 Å². The van der Waals surface area contributed by atoms with E-state index in [0.717, 1.165) is 35.7 Å². The lowest BCUT2D eigenvalue weighted by Crippen LogP contribution is -2.33. The summed E-state index contributed by atoms with van der Waals surface area (Å²) in [5.74, 6) is 2.15. The van der Waals surface area contributed by atoms with E-state index < -0.39 is 0 Å². The van der Waals surface area contributed by atoms with Gasteiger partial charge in [0.25, 0.3) is 0 Å². The molecule has 1 N–H and O–H groups in total. The molecule has 3 rings (SSSR count). The largest absolute Gasteiger partial charge is 0.326 e. The average Bonchev–Trinajstić information content (AvgIpc) is 2.54. The van der Waals surface area contributed by atoms with E-state index in [-0.39, 0.29) is 11.8 Å². The second kappa shape index (κ2) is 6.95. The quantitative estimate of drug-likeness (QED) is 0.753. The van der Waals surface area contributed by atoms with E-state index in [9.17, 15) is 4.79 Å². The van der Waals surface area contributed by atoms with E-state index in [1.54, 1.807) is 0 Å². The van der Waals surface area contributed by atoms with Crippen LogP contribution < -0.4 is 5.32 Å². The first-order valence-electron chi connectivity index (χ1n) is 8.22. The number of hydrogen-bond donors (Lipinski definition) is 1. The minimum absolute atomic E-state index is 0.219. The molecule has 1 amide bonds. The SMILES string of the molecule is O=C(Nc1cccc(CBr)c1)C1CCC2CCCCC2C1. The number of carbonyl (C=O) groups is 1. The van der Waals surface area contributed by atoms with E-state index in [1.807, 2.05) is 12.1 Å². The van der Waals surface area contributed by atoms with Gasteiger partial charge in [-0.2, -0.15) is 0 Å². The van der Waals surface area contributed by atoms with E-state index in [4.69, 9.17) is 0 Å². The first kappa shape index (κ1) is 15.1. The van der Waals surface area contributed by atoms with Gasteiger partial charge >= 0.3 is 0 Å². The average molecular weight is 350 g/mol. The smallest absolute Gasteiger partial charge is 0.227 e. The molecule has 114 valence electrons. The van der Waals surface area contributed by atoms with Crippen LogP contribution in [0.4, 0.5) is 5.69 Å². The minimum Gasteiger partial charge on any atom is -0.326 e. The molecule has 3 unspecified atom stereocenters. The van der Waals surface area contributed by atoms with Crippen molar-refractivity contribution in [2.24, 2.45) is 17.8 Å². The lowest BCUT2D eigenvalue weighted by atomic mass is 9.67. The van der Waals surface area contributed by atoms with Crippen LogP contribution in [0.2, 0.25) is 0 Å². The summed E-state index contributed by atoms with van der Waals surface area (Å²) in [6.07, 6.45) is 8.93. The number of hydrogen-bond acceptors (Lipinski definition) is 1. The summed E-state index contributed by atoms with van der Waals surface area (Å²) in [5, 5.41) is 3.95. The van der Waals surface area contributed by atoms with Crippen LogP contribution in [-0.2, 0) is 10.1 Å². The number of carbonyl (C=O) groups excluding carboxylic acids is 1. The summed E-state index contributed by atoms with van der Waals surface area (Å²) in [4.78, 5) is 12.5. The van der Waals surface area contributed by atoms with Crippen LogP contribution in [-0.4, -0.2) is 5.91 Å². The molecule has 1 aromatic rings. The van der Waals surface area contributed by atoms with Gasteiger partial charge in [-0.15, -0.1) is 0 Å². The highest BCUT2D eigenvalue weighted by molar-refractivity contribution is 9.08. The molecule has 0 spiro atoms. The third kappa shape index (κ3) is 3.68. The molecule has 2 saturated carbocycles. The summed E-state index contributed by atoms with van der Waals surface area (Å²) < 4.78 is 0. The Balaban J connectivity index is 1.60. The molecule has 0 aliphatic heterocycles. The number of alkyl halides is 1. The Morgan fingerprint density at radius 2 is 1.95 bits per heavy atom. The van der Waals surface area contributed by atoms with Crippen molar-refractivity contribution in [3.05, 3.63) is 29.8 Å². The summed E-state index contributed by atoms with van der Waals surface area (Å²) in [6.45, 7) is 0. The normalized spacial score (nSPS) is 28.7. The Hall–Kier alpha value is -0.830. The summed E-state index contributed by atoms with van der Waals surface area (Å²) >= 11 is 3.46. The maximum atomic E-state index is 12.5. The number of benzene rings is 1. The van der Waals surface area contributed by atoms with Crippen LogP contribution in [0, 0.1) is 17.8 Å². The van der Waals surface area contributed by atoms with Gasteiger partial charge in [0.2, 0.25) is 5.91 Å². The summed E-state index contributed by atoms with van der Waals surface area (Å²) in [7, 11) is 0. The monoisotopic (exact) mass is 349 g/mol. The van der Waals surface area contributed by atoms with Crippen molar-refractivity contribution < 1.29 is 4.79 Å². The van der Waals surface area contributed by atoms with Gasteiger partial charge < -0.3 is 5.32 Å². The third-order valence-electron chi connectivity index (χ3n) is 5.26. The Kier molecular flexibility index (Phi) is 4.99. The van der Waals surface area contributed by atoms with Crippen LogP contribution >= 0.6 is 15.9 Å². The number of halogens is 1. The van der Waals surface area contributed by atoms with Crippen molar-refractivity contribution in [2.75, 3.05) is 5.32 Å². The Bertz CT molecular complexity index is 502. The van der Waals surface area contributed by atoms with E-state index >= 15 is 0 Å². The zero-order valence-corrected chi connectivity index (χ0v) is 14.1. The lowest BCUT2D eigenvalue weighted by Gasteiger charge is -2.38. The molecule has 1 aromatic carbocycles. The van der Waals surface area contributed by atoms with Crippen molar-refractivity contribution in [2.45, 2.75) is 50.3 Å². The zero-order chi connectivity index (χ0) is 14.7. The van der Waals surface area contributed by atoms with Gasteiger partial charge in [-0.05, 0) is 48.8 Å². The van der Waals surface area contributed by atoms with Crippen molar-refractivity contribution in [1.82, 2.24) is 0 Å². The maximum Gasteiger partial charge on any atom is 0.227 e. The Morgan fingerprint density at radius 1 is 1.14 bits per heavy atom. The molecule has 2 nitrogen and oxygen atoms in total. The molecule has 2 aliphatic carbocycles. The van der Waals surface area contributed by atoms with Crippen molar-refractivity contribution in [3.8, 4) is 0 Å². The second-order valence-corrected chi connectivity index (χ2v) is 7.20. The van der Waals surface area contributed by atoms with Crippen molar-refractivity contribution in [1.29, 1.82) is 0 Å². The summed E-state index contributed by atoms with van der Waals surface area (Å²) in [6, 6.07) is 8.11. The van der Waals surface area contributed by atoms with E-state index in [0.29, 0.717) is 0 Å². The molecule has 0 radical (unpaired) electrons.